The molecule has 0 amide bonds. The number of nitrogens with two attached hydrogens (primary N) is 1. The van der Waals surface area contributed by atoms with Gasteiger partial charge in [-0.05, 0) is 31.0 Å². The van der Waals surface area contributed by atoms with Gasteiger partial charge in [-0.1, -0.05) is 30.7 Å². The summed E-state index contributed by atoms with van der Waals surface area (Å²) in [6.07, 6.45) is 1.82. The van der Waals surface area contributed by atoms with Crippen molar-refractivity contribution in [3.63, 3.8) is 0 Å². The smallest absolute Gasteiger partial charge is 0.133 e. The van der Waals surface area contributed by atoms with Crippen molar-refractivity contribution < 1.29 is 0 Å². The molecule has 106 valence electrons. The van der Waals surface area contributed by atoms with Crippen molar-refractivity contribution in [2.24, 2.45) is 0 Å². The van der Waals surface area contributed by atoms with E-state index in [2.05, 4.69) is 29.1 Å². The first kappa shape index (κ1) is 14.6. The van der Waals surface area contributed by atoms with E-state index in [0.29, 0.717) is 5.82 Å². The maximum Gasteiger partial charge on any atom is 0.133 e. The van der Waals surface area contributed by atoms with E-state index in [0.717, 1.165) is 35.1 Å². The third-order valence-electron chi connectivity index (χ3n) is 2.98. The molecule has 1 aromatic heterocycles. The van der Waals surface area contributed by atoms with Crippen molar-refractivity contribution in [1.82, 2.24) is 9.97 Å². The first-order valence-electron chi connectivity index (χ1n) is 6.74. The van der Waals surface area contributed by atoms with Crippen LogP contribution in [0, 0.1) is 0 Å². The average molecular weight is 291 g/mol. The lowest BCUT2D eigenvalue weighted by Crippen LogP contribution is -2.10. The maximum absolute atomic E-state index is 6.01. The number of hydrogen-bond acceptors (Lipinski definition) is 4. The van der Waals surface area contributed by atoms with Crippen LogP contribution in [0.15, 0.2) is 30.3 Å². The third kappa shape index (κ3) is 3.84. The van der Waals surface area contributed by atoms with Crippen molar-refractivity contribution in [1.29, 1.82) is 0 Å². The molecule has 0 radical (unpaired) electrons. The quantitative estimate of drug-likeness (QED) is 0.878. The Labute approximate surface area is 124 Å². The van der Waals surface area contributed by atoms with Crippen LogP contribution in [0.25, 0.3) is 0 Å². The van der Waals surface area contributed by atoms with Gasteiger partial charge in [0.1, 0.15) is 17.5 Å². The molecular weight excluding hydrogens is 272 g/mol. The number of hydrogen-bond donors (Lipinski definition) is 2. The van der Waals surface area contributed by atoms with Crippen molar-refractivity contribution in [2.45, 2.75) is 32.7 Å². The lowest BCUT2D eigenvalue weighted by molar-refractivity contribution is 0.821. The van der Waals surface area contributed by atoms with Gasteiger partial charge in [0.2, 0.25) is 0 Å². The van der Waals surface area contributed by atoms with Gasteiger partial charge < -0.3 is 11.1 Å². The molecule has 1 unspecified atom stereocenters. The second kappa shape index (κ2) is 6.57. The lowest BCUT2D eigenvalue weighted by atomic mass is 10.1. The van der Waals surface area contributed by atoms with Crippen LogP contribution < -0.4 is 11.1 Å². The molecule has 5 heteroatoms. The molecular formula is C15H19ClN4. The fourth-order valence-corrected chi connectivity index (χ4v) is 2.21. The maximum atomic E-state index is 6.01. The monoisotopic (exact) mass is 290 g/mol. The number of rotatable bonds is 5. The van der Waals surface area contributed by atoms with Gasteiger partial charge in [-0.25, -0.2) is 9.97 Å². The largest absolute Gasteiger partial charge is 0.384 e. The summed E-state index contributed by atoms with van der Waals surface area (Å²) in [7, 11) is 0. The number of halogens is 1. The summed E-state index contributed by atoms with van der Waals surface area (Å²) >= 11 is 6.01. The minimum absolute atomic E-state index is 0.0949. The van der Waals surface area contributed by atoms with E-state index in [1.165, 1.54) is 0 Å². The highest BCUT2D eigenvalue weighted by molar-refractivity contribution is 6.30. The highest BCUT2D eigenvalue weighted by atomic mass is 35.5. The fraction of sp³-hybridized carbons (Fsp3) is 0.333. The van der Waals surface area contributed by atoms with Crippen LogP contribution >= 0.6 is 11.6 Å². The molecule has 1 aromatic carbocycles. The lowest BCUT2D eigenvalue weighted by Gasteiger charge is -2.16. The summed E-state index contributed by atoms with van der Waals surface area (Å²) in [6.45, 7) is 4.15. The molecule has 1 atom stereocenters. The number of aromatic nitrogens is 2. The van der Waals surface area contributed by atoms with Crippen molar-refractivity contribution in [2.75, 3.05) is 11.1 Å². The van der Waals surface area contributed by atoms with Crippen molar-refractivity contribution >= 4 is 23.2 Å². The van der Waals surface area contributed by atoms with Crippen LogP contribution in [0.2, 0.25) is 5.02 Å². The Morgan fingerprint density at radius 3 is 2.80 bits per heavy atom. The molecule has 20 heavy (non-hydrogen) atoms. The van der Waals surface area contributed by atoms with Gasteiger partial charge >= 0.3 is 0 Å². The summed E-state index contributed by atoms with van der Waals surface area (Å²) < 4.78 is 0. The van der Waals surface area contributed by atoms with Gasteiger partial charge in [0.25, 0.3) is 0 Å². The number of nitrogen functional groups attached to an aromatic ring is 1. The van der Waals surface area contributed by atoms with E-state index in [1.807, 2.05) is 24.3 Å². The van der Waals surface area contributed by atoms with E-state index in [1.54, 1.807) is 6.07 Å². The van der Waals surface area contributed by atoms with Gasteiger partial charge in [0.05, 0.1) is 0 Å². The molecule has 0 bridgehead atoms. The summed E-state index contributed by atoms with van der Waals surface area (Å²) in [6, 6.07) is 9.61. The van der Waals surface area contributed by atoms with Gasteiger partial charge in [0.15, 0.2) is 0 Å². The molecule has 2 rings (SSSR count). The summed E-state index contributed by atoms with van der Waals surface area (Å²) in [5.41, 5.74) is 6.92. The zero-order valence-electron chi connectivity index (χ0n) is 11.7. The van der Waals surface area contributed by atoms with Crippen LogP contribution in [0.1, 0.15) is 37.7 Å². The number of aryl methyl sites for hydroxylation is 1. The Morgan fingerprint density at radius 1 is 1.30 bits per heavy atom. The first-order chi connectivity index (χ1) is 9.58. The second-order valence-corrected chi connectivity index (χ2v) is 5.20. The van der Waals surface area contributed by atoms with Crippen LogP contribution in [-0.4, -0.2) is 9.97 Å². The second-order valence-electron chi connectivity index (χ2n) is 4.77. The molecule has 0 aliphatic rings. The van der Waals surface area contributed by atoms with Gasteiger partial charge in [-0.2, -0.15) is 0 Å². The molecule has 2 aromatic rings. The van der Waals surface area contributed by atoms with Crippen molar-refractivity contribution in [3.8, 4) is 0 Å². The highest BCUT2D eigenvalue weighted by Crippen LogP contribution is 2.21. The predicted octanol–water partition coefficient (Wildman–Crippen LogP) is 3.84. The molecule has 0 aliphatic heterocycles. The number of anilines is 2. The van der Waals surface area contributed by atoms with E-state index >= 15 is 0 Å². The summed E-state index contributed by atoms with van der Waals surface area (Å²) in [5, 5.41) is 4.06. The Balaban J connectivity index is 2.16. The Bertz CT molecular complexity index is 586. The minimum atomic E-state index is 0.0949. The average Bonchev–Trinajstić information content (AvgIpc) is 2.38. The van der Waals surface area contributed by atoms with Gasteiger partial charge in [-0.15, -0.1) is 0 Å². The Hall–Kier alpha value is -1.81. The van der Waals surface area contributed by atoms with E-state index in [4.69, 9.17) is 17.3 Å². The molecule has 4 nitrogen and oxygen atoms in total. The zero-order valence-corrected chi connectivity index (χ0v) is 12.5. The van der Waals surface area contributed by atoms with Crippen LogP contribution in [0.5, 0.6) is 0 Å². The van der Waals surface area contributed by atoms with Crippen LogP contribution in [-0.2, 0) is 6.42 Å². The number of benzene rings is 1. The summed E-state index contributed by atoms with van der Waals surface area (Å²) in [4.78, 5) is 8.70. The SMILES string of the molecule is CCCc1nc(N)cc(NC(C)c2cccc(Cl)c2)n1. The normalized spacial score (nSPS) is 12.2. The number of nitrogens with zero attached hydrogens (tertiary/aromatic N) is 2. The van der Waals surface area contributed by atoms with E-state index in [-0.39, 0.29) is 6.04 Å². The van der Waals surface area contributed by atoms with Gasteiger partial charge in [-0.3, -0.25) is 0 Å². The standard InChI is InChI=1S/C15H19ClN4/c1-3-5-14-19-13(17)9-15(20-14)18-10(2)11-6-4-7-12(16)8-11/h4,6-10H,3,5H2,1-2H3,(H3,17,18,19,20). The molecule has 0 fully saturated rings. The summed E-state index contributed by atoms with van der Waals surface area (Å²) in [5.74, 6) is 2.01. The fourth-order valence-electron chi connectivity index (χ4n) is 2.01. The molecule has 0 spiro atoms. The zero-order chi connectivity index (χ0) is 14.5. The van der Waals surface area contributed by atoms with Crippen LogP contribution in [0.4, 0.5) is 11.6 Å². The molecule has 0 aliphatic carbocycles. The van der Waals surface area contributed by atoms with E-state index < -0.39 is 0 Å². The number of nitrogens with one attached hydrogen (secondary N) is 1. The van der Waals surface area contributed by atoms with E-state index in [9.17, 15) is 0 Å². The highest BCUT2D eigenvalue weighted by Gasteiger charge is 2.08. The Morgan fingerprint density at radius 2 is 2.10 bits per heavy atom. The Kier molecular flexibility index (Phi) is 4.79. The van der Waals surface area contributed by atoms with Crippen molar-refractivity contribution in [3.05, 3.63) is 46.7 Å². The third-order valence-corrected chi connectivity index (χ3v) is 3.21. The molecule has 1 heterocycles. The molecule has 3 N–H and O–H groups in total. The predicted molar refractivity (Wildman–Crippen MR) is 83.9 cm³/mol. The van der Waals surface area contributed by atoms with Gasteiger partial charge in [0, 0.05) is 23.6 Å². The minimum Gasteiger partial charge on any atom is -0.384 e. The molecule has 0 saturated carbocycles. The first-order valence-corrected chi connectivity index (χ1v) is 7.11. The topological polar surface area (TPSA) is 63.8 Å². The van der Waals surface area contributed by atoms with Crippen LogP contribution in [0.3, 0.4) is 0 Å². The molecule has 0 saturated heterocycles.